The molecule has 264 valence electrons. The second-order valence-electron chi connectivity index (χ2n) is 12.8. The standard InChI is InChI=1S/C45H38N2O5S/c48-42(46-36-19-11-18-35(26-36)45(50)51)20-9-10-25-47-40-24-22-37(52-29-31-12-3-1-4-13-31)28-39(40)43(44(49)33-15-5-2-6-16-33)41(47)30-53-38-23-21-32-14-7-8-17-34(32)27-38/h1-8,11-19,21-24,26-28H,9-10,20,25,29-30H2,(H,46,48)(H,50,51). The maximum Gasteiger partial charge on any atom is 0.335 e. The number of carbonyl (C=O) groups excluding carboxylic acids is 2. The van der Waals surface area contributed by atoms with Gasteiger partial charge in [0.25, 0.3) is 0 Å². The lowest BCUT2D eigenvalue weighted by Crippen LogP contribution is -2.12. The van der Waals surface area contributed by atoms with Crippen molar-refractivity contribution in [3.05, 3.63) is 174 Å². The van der Waals surface area contributed by atoms with Gasteiger partial charge >= 0.3 is 5.97 Å². The first-order valence-corrected chi connectivity index (χ1v) is 18.6. The number of hydrogen-bond acceptors (Lipinski definition) is 5. The van der Waals surface area contributed by atoms with Gasteiger partial charge in [0, 0.05) is 51.5 Å². The molecule has 0 aliphatic heterocycles. The molecule has 0 bridgehead atoms. The number of carboxylic acids is 1. The second kappa shape index (κ2) is 16.5. The summed E-state index contributed by atoms with van der Waals surface area (Å²) >= 11 is 1.69. The van der Waals surface area contributed by atoms with E-state index in [4.69, 9.17) is 4.74 Å². The highest BCUT2D eigenvalue weighted by Crippen LogP contribution is 2.36. The van der Waals surface area contributed by atoms with Crippen molar-refractivity contribution in [1.82, 2.24) is 4.57 Å². The molecule has 0 saturated carbocycles. The molecule has 0 radical (unpaired) electrons. The van der Waals surface area contributed by atoms with Gasteiger partial charge in [0.05, 0.1) is 11.1 Å². The number of ketones is 1. The number of ether oxygens (including phenoxy) is 1. The molecule has 2 N–H and O–H groups in total. The van der Waals surface area contributed by atoms with Crippen molar-refractivity contribution in [2.24, 2.45) is 0 Å². The molecule has 1 aromatic heterocycles. The maximum absolute atomic E-state index is 14.5. The Morgan fingerprint density at radius 3 is 2.23 bits per heavy atom. The summed E-state index contributed by atoms with van der Waals surface area (Å²) in [7, 11) is 0. The maximum atomic E-state index is 14.5. The molecule has 53 heavy (non-hydrogen) atoms. The van der Waals surface area contributed by atoms with Crippen LogP contribution in [0.15, 0.2) is 150 Å². The van der Waals surface area contributed by atoms with E-state index in [-0.39, 0.29) is 23.7 Å². The average molecular weight is 719 g/mol. The zero-order valence-corrected chi connectivity index (χ0v) is 29.9. The van der Waals surface area contributed by atoms with Gasteiger partial charge in [-0.05, 0) is 77.7 Å². The van der Waals surface area contributed by atoms with E-state index in [0.717, 1.165) is 32.4 Å². The van der Waals surface area contributed by atoms with E-state index in [0.29, 0.717) is 54.3 Å². The van der Waals surface area contributed by atoms with Crippen LogP contribution in [0.2, 0.25) is 0 Å². The van der Waals surface area contributed by atoms with E-state index in [9.17, 15) is 19.5 Å². The van der Waals surface area contributed by atoms with Crippen LogP contribution in [0.4, 0.5) is 5.69 Å². The van der Waals surface area contributed by atoms with E-state index in [1.54, 1.807) is 23.9 Å². The fourth-order valence-electron chi connectivity index (χ4n) is 6.53. The molecule has 1 amide bonds. The predicted octanol–water partition coefficient (Wildman–Crippen LogP) is 10.4. The highest BCUT2D eigenvalue weighted by Gasteiger charge is 2.24. The Morgan fingerprint density at radius 2 is 1.43 bits per heavy atom. The average Bonchev–Trinajstić information content (AvgIpc) is 3.50. The number of fused-ring (bicyclic) bond motifs is 2. The largest absolute Gasteiger partial charge is 0.489 e. The van der Waals surface area contributed by atoms with E-state index >= 15 is 0 Å². The number of anilines is 1. The molecule has 0 atom stereocenters. The minimum Gasteiger partial charge on any atom is -0.489 e. The highest BCUT2D eigenvalue weighted by atomic mass is 32.2. The molecule has 0 fully saturated rings. The van der Waals surface area contributed by atoms with Crippen LogP contribution in [-0.4, -0.2) is 27.3 Å². The quantitative estimate of drug-likeness (QED) is 0.0622. The van der Waals surface area contributed by atoms with E-state index in [1.165, 1.54) is 17.5 Å². The van der Waals surface area contributed by atoms with Crippen molar-refractivity contribution >= 4 is 56.8 Å². The smallest absolute Gasteiger partial charge is 0.335 e. The fraction of sp³-hybridized carbons (Fsp3) is 0.133. The molecule has 1 heterocycles. The van der Waals surface area contributed by atoms with Crippen LogP contribution in [0.5, 0.6) is 5.75 Å². The van der Waals surface area contributed by atoms with Crippen LogP contribution < -0.4 is 10.1 Å². The van der Waals surface area contributed by atoms with Gasteiger partial charge in [-0.2, -0.15) is 0 Å². The number of aryl methyl sites for hydroxylation is 1. The Morgan fingerprint density at radius 1 is 0.698 bits per heavy atom. The molecular weight excluding hydrogens is 681 g/mol. The zero-order chi connectivity index (χ0) is 36.6. The number of hydrogen-bond donors (Lipinski definition) is 2. The monoisotopic (exact) mass is 718 g/mol. The third-order valence-electron chi connectivity index (χ3n) is 9.18. The Kier molecular flexibility index (Phi) is 11.0. The number of aromatic carboxylic acids is 1. The molecule has 6 aromatic carbocycles. The molecule has 0 spiro atoms. The minimum atomic E-state index is -1.05. The summed E-state index contributed by atoms with van der Waals surface area (Å²) in [4.78, 5) is 39.8. The fourth-order valence-corrected chi connectivity index (χ4v) is 7.51. The number of nitrogens with zero attached hydrogens (tertiary/aromatic N) is 1. The number of carboxylic acid groups (broad SMARTS) is 1. The summed E-state index contributed by atoms with van der Waals surface area (Å²) in [5, 5.41) is 15.3. The Bertz CT molecular complexity index is 2410. The van der Waals surface area contributed by atoms with Crippen molar-refractivity contribution in [2.45, 2.75) is 43.1 Å². The number of aromatic nitrogens is 1. The SMILES string of the molecule is O=C(CCCCn1c(CSc2ccc3ccccc3c2)c(C(=O)c2ccccc2)c2cc(OCc3ccccc3)ccc21)Nc1cccc(C(=O)O)c1. The van der Waals surface area contributed by atoms with Crippen LogP contribution in [0.3, 0.4) is 0 Å². The normalized spacial score (nSPS) is 11.1. The van der Waals surface area contributed by atoms with Gasteiger partial charge < -0.3 is 19.7 Å². The minimum absolute atomic E-state index is 0.0494. The molecule has 7 nitrogen and oxygen atoms in total. The summed E-state index contributed by atoms with van der Waals surface area (Å²) < 4.78 is 8.48. The van der Waals surface area contributed by atoms with Gasteiger partial charge in [-0.1, -0.05) is 97.1 Å². The Balaban J connectivity index is 1.20. The van der Waals surface area contributed by atoms with Gasteiger partial charge in [-0.15, -0.1) is 11.8 Å². The summed E-state index contributed by atoms with van der Waals surface area (Å²) in [5.41, 5.74) is 4.74. The van der Waals surface area contributed by atoms with Crippen molar-refractivity contribution in [2.75, 3.05) is 5.32 Å². The van der Waals surface area contributed by atoms with E-state index in [1.807, 2.05) is 91.0 Å². The first kappa shape index (κ1) is 35.3. The molecular formula is C45H38N2O5S. The molecule has 0 aliphatic rings. The van der Waals surface area contributed by atoms with Crippen molar-refractivity contribution < 1.29 is 24.2 Å². The van der Waals surface area contributed by atoms with E-state index in [2.05, 4.69) is 40.2 Å². The van der Waals surface area contributed by atoms with Crippen molar-refractivity contribution in [1.29, 1.82) is 0 Å². The molecule has 0 aliphatic carbocycles. The summed E-state index contributed by atoms with van der Waals surface area (Å²) in [6.07, 6.45) is 1.55. The number of rotatable bonds is 15. The van der Waals surface area contributed by atoms with E-state index < -0.39 is 5.97 Å². The lowest BCUT2D eigenvalue weighted by Gasteiger charge is -2.13. The number of benzene rings is 6. The van der Waals surface area contributed by atoms with Crippen LogP contribution in [0, 0.1) is 0 Å². The van der Waals surface area contributed by atoms with Crippen molar-refractivity contribution in [3.63, 3.8) is 0 Å². The van der Waals surface area contributed by atoms with Gasteiger partial charge in [0.1, 0.15) is 12.4 Å². The predicted molar refractivity (Wildman–Crippen MR) is 212 cm³/mol. The Labute approximate surface area is 312 Å². The summed E-state index contributed by atoms with van der Waals surface area (Å²) in [6, 6.07) is 46.3. The molecule has 7 aromatic rings. The summed E-state index contributed by atoms with van der Waals surface area (Å²) in [6.45, 7) is 1.00. The summed E-state index contributed by atoms with van der Waals surface area (Å²) in [5.74, 6) is -0.0435. The van der Waals surface area contributed by atoms with Gasteiger partial charge in [0.15, 0.2) is 5.78 Å². The zero-order valence-electron chi connectivity index (χ0n) is 29.0. The van der Waals surface area contributed by atoms with Crippen LogP contribution >= 0.6 is 11.8 Å². The lowest BCUT2D eigenvalue weighted by molar-refractivity contribution is -0.116. The number of nitrogens with one attached hydrogen (secondary N) is 1. The molecule has 0 saturated heterocycles. The van der Waals surface area contributed by atoms with Gasteiger partial charge in [0.2, 0.25) is 5.91 Å². The Hall–Kier alpha value is -6.12. The highest BCUT2D eigenvalue weighted by molar-refractivity contribution is 7.98. The molecule has 0 unspecified atom stereocenters. The van der Waals surface area contributed by atoms with Crippen molar-refractivity contribution in [3.8, 4) is 5.75 Å². The molecule has 8 heteroatoms. The second-order valence-corrected chi connectivity index (χ2v) is 13.9. The third-order valence-corrected chi connectivity index (χ3v) is 10.2. The first-order chi connectivity index (χ1) is 25.9. The number of unbranched alkanes of at least 4 members (excludes halogenated alkanes) is 1. The topological polar surface area (TPSA) is 97.6 Å². The van der Waals surface area contributed by atoms with Gasteiger partial charge in [-0.25, -0.2) is 4.79 Å². The number of thioether (sulfide) groups is 1. The van der Waals surface area contributed by atoms with Crippen LogP contribution in [0.1, 0.15) is 56.8 Å². The molecule has 7 rings (SSSR count). The number of carbonyl (C=O) groups is 3. The first-order valence-electron chi connectivity index (χ1n) is 17.6. The van der Waals surface area contributed by atoms with Gasteiger partial charge in [-0.3, -0.25) is 9.59 Å². The third kappa shape index (κ3) is 8.51. The lowest BCUT2D eigenvalue weighted by atomic mass is 10.0. The van der Waals surface area contributed by atoms with Crippen LogP contribution in [0.25, 0.3) is 21.7 Å². The van der Waals surface area contributed by atoms with Crippen LogP contribution in [-0.2, 0) is 23.7 Å². The number of amides is 1.